The van der Waals surface area contributed by atoms with E-state index in [1.165, 1.54) is 11.0 Å². The van der Waals surface area contributed by atoms with E-state index in [1.807, 2.05) is 0 Å². The highest BCUT2D eigenvalue weighted by atomic mass is 79.9. The third-order valence-corrected chi connectivity index (χ3v) is 3.19. The fraction of sp³-hybridized carbons (Fsp3) is 0.300. The van der Waals surface area contributed by atoms with Crippen molar-refractivity contribution in [2.75, 3.05) is 18.0 Å². The van der Waals surface area contributed by atoms with Gasteiger partial charge < -0.3 is 5.32 Å². The molecule has 1 aliphatic rings. The summed E-state index contributed by atoms with van der Waals surface area (Å²) >= 11 is 3.11. The van der Waals surface area contributed by atoms with Gasteiger partial charge in [0.1, 0.15) is 0 Å². The van der Waals surface area contributed by atoms with Crippen LogP contribution in [0.1, 0.15) is 6.42 Å². The van der Waals surface area contributed by atoms with E-state index < -0.39 is 4.92 Å². The van der Waals surface area contributed by atoms with E-state index in [9.17, 15) is 14.9 Å². The summed E-state index contributed by atoms with van der Waals surface area (Å²) in [6.07, 6.45) is 0.829. The Labute approximate surface area is 106 Å². The first-order chi connectivity index (χ1) is 8.09. The number of carbonyl (C=O) groups excluding carboxylic acids is 1. The maximum absolute atomic E-state index is 11.6. The summed E-state index contributed by atoms with van der Waals surface area (Å²) < 4.78 is 0.406. The van der Waals surface area contributed by atoms with Gasteiger partial charge in [-0.3, -0.25) is 15.0 Å². The zero-order chi connectivity index (χ0) is 12.4. The Balaban J connectivity index is 2.35. The van der Waals surface area contributed by atoms with Gasteiger partial charge in [-0.1, -0.05) is 0 Å². The predicted molar refractivity (Wildman–Crippen MR) is 66.2 cm³/mol. The smallest absolute Gasteiger partial charge is 0.321 e. The molecule has 7 heteroatoms. The Morgan fingerprint density at radius 3 is 2.88 bits per heavy atom. The Hall–Kier alpha value is -1.63. The molecule has 6 nitrogen and oxygen atoms in total. The van der Waals surface area contributed by atoms with Crippen molar-refractivity contribution < 1.29 is 9.72 Å². The minimum absolute atomic E-state index is 0.0409. The monoisotopic (exact) mass is 299 g/mol. The number of nitrogens with zero attached hydrogens (tertiary/aromatic N) is 2. The minimum Gasteiger partial charge on any atom is -0.338 e. The molecule has 1 aromatic carbocycles. The quantitative estimate of drug-likeness (QED) is 0.672. The molecule has 0 unspecified atom stereocenters. The van der Waals surface area contributed by atoms with Gasteiger partial charge in [-0.25, -0.2) is 4.79 Å². The van der Waals surface area contributed by atoms with E-state index in [0.29, 0.717) is 23.2 Å². The summed E-state index contributed by atoms with van der Waals surface area (Å²) in [5.41, 5.74) is 0.498. The molecule has 0 atom stereocenters. The van der Waals surface area contributed by atoms with Crippen molar-refractivity contribution in [3.63, 3.8) is 0 Å². The highest BCUT2D eigenvalue weighted by Crippen LogP contribution is 2.30. The molecule has 1 heterocycles. The summed E-state index contributed by atoms with van der Waals surface area (Å²) in [7, 11) is 0. The van der Waals surface area contributed by atoms with Gasteiger partial charge >= 0.3 is 6.03 Å². The van der Waals surface area contributed by atoms with Crippen molar-refractivity contribution >= 4 is 33.3 Å². The fourth-order valence-electron chi connectivity index (χ4n) is 1.68. The summed E-state index contributed by atoms with van der Waals surface area (Å²) in [6, 6.07) is 4.44. The van der Waals surface area contributed by atoms with Crippen LogP contribution in [0.4, 0.5) is 16.2 Å². The average molecular weight is 300 g/mol. The predicted octanol–water partition coefficient (Wildman–Crippen LogP) is 2.28. The van der Waals surface area contributed by atoms with E-state index >= 15 is 0 Å². The minimum atomic E-state index is -0.477. The van der Waals surface area contributed by atoms with Crippen LogP contribution >= 0.6 is 15.9 Å². The number of halogens is 1. The number of hydrogen-bond donors (Lipinski definition) is 1. The molecule has 0 bridgehead atoms. The molecular weight excluding hydrogens is 290 g/mol. The third-order valence-electron chi connectivity index (χ3n) is 2.52. The highest BCUT2D eigenvalue weighted by Gasteiger charge is 2.22. The van der Waals surface area contributed by atoms with Crippen LogP contribution in [0.2, 0.25) is 0 Å². The molecule has 1 saturated heterocycles. The first-order valence-corrected chi connectivity index (χ1v) is 5.88. The van der Waals surface area contributed by atoms with Crippen molar-refractivity contribution in [3.8, 4) is 0 Å². The summed E-state index contributed by atoms with van der Waals surface area (Å²) in [5.74, 6) is 0. The van der Waals surface area contributed by atoms with Gasteiger partial charge in [-0.05, 0) is 34.5 Å². The Kier molecular flexibility index (Phi) is 3.28. The fourth-order valence-corrected chi connectivity index (χ4v) is 2.08. The summed E-state index contributed by atoms with van der Waals surface area (Å²) in [6.45, 7) is 1.22. The number of nitro benzene ring substituents is 1. The van der Waals surface area contributed by atoms with Crippen molar-refractivity contribution in [2.45, 2.75) is 6.42 Å². The van der Waals surface area contributed by atoms with Crippen LogP contribution in [0.25, 0.3) is 0 Å². The van der Waals surface area contributed by atoms with Crippen LogP contribution in [0.3, 0.4) is 0 Å². The van der Waals surface area contributed by atoms with Crippen LogP contribution in [0.15, 0.2) is 22.7 Å². The molecule has 0 radical (unpaired) electrons. The van der Waals surface area contributed by atoms with Gasteiger partial charge in [0.25, 0.3) is 5.69 Å². The lowest BCUT2D eigenvalue weighted by molar-refractivity contribution is -0.385. The number of nitro groups is 1. The molecule has 2 rings (SSSR count). The zero-order valence-corrected chi connectivity index (χ0v) is 10.4. The molecule has 1 aliphatic heterocycles. The first-order valence-electron chi connectivity index (χ1n) is 5.09. The van der Waals surface area contributed by atoms with E-state index in [2.05, 4.69) is 21.2 Å². The van der Waals surface area contributed by atoms with E-state index in [0.717, 1.165) is 6.42 Å². The highest BCUT2D eigenvalue weighted by molar-refractivity contribution is 9.10. The molecule has 1 N–H and O–H groups in total. The van der Waals surface area contributed by atoms with E-state index in [-0.39, 0.29) is 11.7 Å². The zero-order valence-electron chi connectivity index (χ0n) is 8.85. The van der Waals surface area contributed by atoms with Crippen LogP contribution in [0.5, 0.6) is 0 Å². The Morgan fingerprint density at radius 1 is 1.47 bits per heavy atom. The number of anilines is 1. The lowest BCUT2D eigenvalue weighted by Gasteiger charge is -2.27. The number of hydrogen-bond acceptors (Lipinski definition) is 3. The molecule has 0 aromatic heterocycles. The van der Waals surface area contributed by atoms with Crippen LogP contribution in [-0.4, -0.2) is 24.0 Å². The topological polar surface area (TPSA) is 75.5 Å². The maximum atomic E-state index is 11.6. The lowest BCUT2D eigenvalue weighted by Crippen LogP contribution is -2.46. The van der Waals surface area contributed by atoms with Gasteiger partial charge in [0, 0.05) is 19.2 Å². The van der Waals surface area contributed by atoms with E-state index in [1.54, 1.807) is 12.1 Å². The van der Waals surface area contributed by atoms with E-state index in [4.69, 9.17) is 0 Å². The number of nitrogens with one attached hydrogen (secondary N) is 1. The molecule has 2 amide bonds. The maximum Gasteiger partial charge on any atom is 0.321 e. The third kappa shape index (κ3) is 2.38. The molecule has 0 spiro atoms. The van der Waals surface area contributed by atoms with Crippen molar-refractivity contribution in [3.05, 3.63) is 32.8 Å². The number of rotatable bonds is 2. The summed E-state index contributed by atoms with van der Waals surface area (Å²) in [5, 5.41) is 13.5. The van der Waals surface area contributed by atoms with Crippen LogP contribution < -0.4 is 10.2 Å². The van der Waals surface area contributed by atoms with Gasteiger partial charge in [-0.15, -0.1) is 0 Å². The molecule has 0 saturated carbocycles. The second-order valence-electron chi connectivity index (χ2n) is 3.63. The molecule has 1 aromatic rings. The molecule has 0 aliphatic carbocycles. The SMILES string of the molecule is O=C1NCCCN1c1ccc(Br)c([N+](=O)[O-])c1. The molecular formula is C10H10BrN3O3. The van der Waals surface area contributed by atoms with Gasteiger partial charge in [0.15, 0.2) is 0 Å². The Bertz CT molecular complexity index is 478. The lowest BCUT2D eigenvalue weighted by atomic mass is 10.2. The van der Waals surface area contributed by atoms with Crippen LogP contribution in [0, 0.1) is 10.1 Å². The van der Waals surface area contributed by atoms with Crippen molar-refractivity contribution in [1.29, 1.82) is 0 Å². The van der Waals surface area contributed by atoms with Crippen molar-refractivity contribution in [2.24, 2.45) is 0 Å². The van der Waals surface area contributed by atoms with Crippen LogP contribution in [-0.2, 0) is 0 Å². The second kappa shape index (κ2) is 4.70. The number of carbonyl (C=O) groups is 1. The molecule has 1 fully saturated rings. The van der Waals surface area contributed by atoms with Gasteiger partial charge in [0.2, 0.25) is 0 Å². The first kappa shape index (κ1) is 11.8. The number of benzene rings is 1. The van der Waals surface area contributed by atoms with Gasteiger partial charge in [-0.2, -0.15) is 0 Å². The van der Waals surface area contributed by atoms with Crippen molar-refractivity contribution in [1.82, 2.24) is 5.32 Å². The average Bonchev–Trinajstić information content (AvgIpc) is 2.30. The molecule has 90 valence electrons. The second-order valence-corrected chi connectivity index (χ2v) is 4.48. The Morgan fingerprint density at radius 2 is 2.24 bits per heavy atom. The number of urea groups is 1. The number of amides is 2. The largest absolute Gasteiger partial charge is 0.338 e. The normalized spacial score (nSPS) is 15.6. The summed E-state index contributed by atoms with van der Waals surface area (Å²) in [4.78, 5) is 23.4. The standard InChI is InChI=1S/C10H10BrN3O3/c11-8-3-2-7(6-9(8)14(16)17)13-5-1-4-12-10(13)15/h2-3,6H,1,4-5H2,(H,12,15). The van der Waals surface area contributed by atoms with Gasteiger partial charge in [0.05, 0.1) is 15.1 Å². The molecule has 17 heavy (non-hydrogen) atoms.